The van der Waals surface area contributed by atoms with E-state index in [9.17, 15) is 18.3 Å². The zero-order chi connectivity index (χ0) is 24.6. The van der Waals surface area contributed by atoms with Gasteiger partial charge in [0.2, 0.25) is 4.73 Å². The Bertz CT molecular complexity index is 978. The van der Waals surface area contributed by atoms with E-state index in [4.69, 9.17) is 9.16 Å². The van der Waals surface area contributed by atoms with E-state index in [1.165, 1.54) is 4.68 Å². The maximum atomic E-state index is 14.8. The molecule has 6 nitrogen and oxygen atoms in total. The molecule has 3 atom stereocenters. The lowest BCUT2D eigenvalue weighted by molar-refractivity contribution is -0.0467. The molecule has 3 unspecified atom stereocenters. The van der Waals surface area contributed by atoms with Crippen LogP contribution < -0.4 is 0 Å². The van der Waals surface area contributed by atoms with E-state index in [-0.39, 0.29) is 33.8 Å². The lowest BCUT2D eigenvalue weighted by Crippen LogP contribution is -2.42. The summed E-state index contributed by atoms with van der Waals surface area (Å²) in [6.07, 6.45) is -0.282. The zero-order valence-electron chi connectivity index (χ0n) is 19.5. The largest absolute Gasteiger partial charge is 0.410 e. The number of rotatable bonds is 7. The topological polar surface area (TPSA) is 69.4 Å². The summed E-state index contributed by atoms with van der Waals surface area (Å²) in [6, 6.07) is 1.42. The molecule has 2 heterocycles. The fourth-order valence-electron chi connectivity index (χ4n) is 3.55. The Kier molecular flexibility index (Phi) is 8.10. The highest BCUT2D eigenvalue weighted by atomic mass is 79.9. The molecule has 2 aromatic rings. The van der Waals surface area contributed by atoms with Crippen molar-refractivity contribution in [3.05, 3.63) is 45.7 Å². The third-order valence-electron chi connectivity index (χ3n) is 6.41. The molecule has 184 valence electrons. The summed E-state index contributed by atoms with van der Waals surface area (Å²) in [7, 11) is -2.52. The fourth-order valence-corrected chi connectivity index (χ4v) is 5.19. The van der Waals surface area contributed by atoms with Crippen molar-refractivity contribution in [3.63, 3.8) is 0 Å². The minimum atomic E-state index is -2.52. The molecule has 0 bridgehead atoms. The van der Waals surface area contributed by atoms with Crippen LogP contribution in [0.3, 0.4) is 0 Å². The van der Waals surface area contributed by atoms with Crippen molar-refractivity contribution in [3.8, 4) is 0 Å². The monoisotopic (exact) mass is 549 g/mol. The van der Waals surface area contributed by atoms with Gasteiger partial charge in [-0.1, -0.05) is 20.8 Å². The molecule has 0 saturated carbocycles. The van der Waals surface area contributed by atoms with E-state index < -0.39 is 38.0 Å². The standard InChI is InChI=1S/C22H31BrF3N3O3Si/c1-22(2,3)33(4,5)32-17(14-10-13(24)11-15(25)19(14)26)12-16(30)20-27-21(23)28-29(20)18-8-6-7-9-31-18/h10-11,16-18,30H,6-9,12H2,1-5H3. The smallest absolute Gasteiger partial charge is 0.217 e. The molecule has 0 radical (unpaired) electrons. The molecule has 1 fully saturated rings. The molecule has 3 rings (SSSR count). The number of hydrogen-bond acceptors (Lipinski definition) is 5. The minimum absolute atomic E-state index is 0.163. The maximum absolute atomic E-state index is 14.8. The number of aliphatic hydroxyl groups is 1. The summed E-state index contributed by atoms with van der Waals surface area (Å²) >= 11 is 3.24. The molecule has 1 saturated heterocycles. The van der Waals surface area contributed by atoms with Crippen molar-refractivity contribution in [1.29, 1.82) is 0 Å². The predicted octanol–water partition coefficient (Wildman–Crippen LogP) is 6.34. The third-order valence-corrected chi connectivity index (χ3v) is 11.2. The second kappa shape index (κ2) is 10.1. The number of aliphatic hydroxyl groups excluding tert-OH is 1. The second-order valence-corrected chi connectivity index (χ2v) is 15.4. The highest BCUT2D eigenvalue weighted by molar-refractivity contribution is 9.10. The Labute approximate surface area is 201 Å². The number of halogens is 4. The van der Waals surface area contributed by atoms with Gasteiger partial charge in [-0.05, 0) is 59.4 Å². The summed E-state index contributed by atoms with van der Waals surface area (Å²) in [4.78, 5) is 4.29. The van der Waals surface area contributed by atoms with E-state index in [1.807, 2.05) is 33.9 Å². The van der Waals surface area contributed by atoms with Crippen molar-refractivity contribution >= 4 is 24.2 Å². The van der Waals surface area contributed by atoms with Crippen molar-refractivity contribution in [2.45, 2.75) is 83.0 Å². The van der Waals surface area contributed by atoms with Gasteiger partial charge in [-0.2, -0.15) is 0 Å². The minimum Gasteiger partial charge on any atom is -0.410 e. The van der Waals surface area contributed by atoms with E-state index in [2.05, 4.69) is 26.0 Å². The van der Waals surface area contributed by atoms with Gasteiger partial charge in [0, 0.05) is 24.7 Å². The summed E-state index contributed by atoms with van der Waals surface area (Å²) in [5.74, 6) is -3.19. The van der Waals surface area contributed by atoms with Crippen LogP contribution in [0.4, 0.5) is 13.2 Å². The van der Waals surface area contributed by atoms with Crippen molar-refractivity contribution in [1.82, 2.24) is 14.8 Å². The van der Waals surface area contributed by atoms with Gasteiger partial charge in [0.25, 0.3) is 0 Å². The van der Waals surface area contributed by atoms with Gasteiger partial charge in [-0.3, -0.25) is 0 Å². The Morgan fingerprint density at radius 2 is 1.97 bits per heavy atom. The van der Waals surface area contributed by atoms with Gasteiger partial charge in [0.05, 0.1) is 6.10 Å². The average Bonchev–Trinajstić information content (AvgIpc) is 3.11. The number of benzene rings is 1. The SMILES string of the molecule is CC(C)(C)[Si](C)(C)OC(CC(O)c1nc(Br)nn1C1CCCCO1)c1cc(F)cc(F)c1F. The third kappa shape index (κ3) is 6.05. The lowest BCUT2D eigenvalue weighted by atomic mass is 10.0. The van der Waals surface area contributed by atoms with Crippen LogP contribution in [0, 0.1) is 17.5 Å². The molecule has 33 heavy (non-hydrogen) atoms. The van der Waals surface area contributed by atoms with Crippen LogP contribution in [0.15, 0.2) is 16.9 Å². The summed E-state index contributed by atoms with van der Waals surface area (Å²) < 4.78 is 56.8. The first-order valence-electron chi connectivity index (χ1n) is 11.0. The molecule has 1 aromatic carbocycles. The van der Waals surface area contributed by atoms with Gasteiger partial charge in [-0.25, -0.2) is 22.8 Å². The number of aromatic nitrogens is 3. The molecule has 1 aliphatic rings. The van der Waals surface area contributed by atoms with Crippen LogP contribution >= 0.6 is 15.9 Å². The molecular formula is C22H31BrF3N3O3Si. The van der Waals surface area contributed by atoms with E-state index >= 15 is 0 Å². The zero-order valence-corrected chi connectivity index (χ0v) is 22.1. The Morgan fingerprint density at radius 3 is 2.58 bits per heavy atom. The molecular weight excluding hydrogens is 519 g/mol. The molecule has 1 N–H and O–H groups in total. The summed E-state index contributed by atoms with van der Waals surface area (Å²) in [5.41, 5.74) is -0.268. The first-order chi connectivity index (χ1) is 15.3. The number of nitrogens with zero attached hydrogens (tertiary/aromatic N) is 3. The molecule has 1 aromatic heterocycles. The van der Waals surface area contributed by atoms with Crippen LogP contribution in [-0.2, 0) is 9.16 Å². The van der Waals surface area contributed by atoms with Crippen LogP contribution in [-0.4, -0.2) is 34.8 Å². The maximum Gasteiger partial charge on any atom is 0.217 e. The van der Waals surface area contributed by atoms with Crippen LogP contribution in [0.1, 0.15) is 76.3 Å². The molecule has 0 amide bonds. The quantitative estimate of drug-likeness (QED) is 0.322. The Balaban J connectivity index is 1.97. The average molecular weight is 550 g/mol. The van der Waals surface area contributed by atoms with Gasteiger partial charge in [-0.15, -0.1) is 5.10 Å². The molecule has 11 heteroatoms. The van der Waals surface area contributed by atoms with Gasteiger partial charge < -0.3 is 14.3 Å². The normalized spacial score (nSPS) is 19.5. The number of ether oxygens (including phenoxy) is 1. The Hall–Kier alpha value is -1.27. The van der Waals surface area contributed by atoms with Crippen molar-refractivity contribution in [2.75, 3.05) is 6.61 Å². The van der Waals surface area contributed by atoms with E-state index in [0.717, 1.165) is 18.9 Å². The van der Waals surface area contributed by atoms with Gasteiger partial charge in [0.15, 0.2) is 32.0 Å². The van der Waals surface area contributed by atoms with Gasteiger partial charge >= 0.3 is 0 Å². The van der Waals surface area contributed by atoms with Crippen LogP contribution in [0.2, 0.25) is 18.1 Å². The van der Waals surface area contributed by atoms with Gasteiger partial charge in [0.1, 0.15) is 11.9 Å². The lowest BCUT2D eigenvalue weighted by Gasteiger charge is -2.40. The van der Waals surface area contributed by atoms with Crippen molar-refractivity contribution < 1.29 is 27.4 Å². The van der Waals surface area contributed by atoms with E-state index in [1.54, 1.807) is 0 Å². The predicted molar refractivity (Wildman–Crippen MR) is 123 cm³/mol. The highest BCUT2D eigenvalue weighted by Crippen LogP contribution is 2.43. The van der Waals surface area contributed by atoms with E-state index in [0.29, 0.717) is 19.1 Å². The summed E-state index contributed by atoms with van der Waals surface area (Å²) in [5, 5.41) is 15.2. The molecule has 0 spiro atoms. The summed E-state index contributed by atoms with van der Waals surface area (Å²) in [6.45, 7) is 10.5. The first kappa shape index (κ1) is 26.3. The highest BCUT2D eigenvalue weighted by Gasteiger charge is 2.41. The first-order valence-corrected chi connectivity index (χ1v) is 14.7. The van der Waals surface area contributed by atoms with Crippen LogP contribution in [0.25, 0.3) is 0 Å². The second-order valence-electron chi connectivity index (χ2n) is 9.91. The number of hydrogen-bond donors (Lipinski definition) is 1. The Morgan fingerprint density at radius 1 is 1.27 bits per heavy atom. The van der Waals surface area contributed by atoms with Crippen molar-refractivity contribution in [2.24, 2.45) is 0 Å². The van der Waals surface area contributed by atoms with Crippen LogP contribution in [0.5, 0.6) is 0 Å². The molecule has 0 aliphatic carbocycles. The fraction of sp³-hybridized carbons (Fsp3) is 0.636. The molecule has 1 aliphatic heterocycles.